The van der Waals surface area contributed by atoms with Gasteiger partial charge >= 0.3 is 0 Å². The van der Waals surface area contributed by atoms with Gasteiger partial charge in [-0.25, -0.2) is 0 Å². The van der Waals surface area contributed by atoms with Crippen LogP contribution < -0.4 is 10.5 Å². The van der Waals surface area contributed by atoms with Crippen LogP contribution in [0.3, 0.4) is 0 Å². The molecule has 0 unspecified atom stereocenters. The number of aryl methyl sites for hydroxylation is 1. The van der Waals surface area contributed by atoms with E-state index in [0.717, 1.165) is 28.1 Å². The Morgan fingerprint density at radius 2 is 2.05 bits per heavy atom. The summed E-state index contributed by atoms with van der Waals surface area (Å²) in [6.07, 6.45) is 0. The highest BCUT2D eigenvalue weighted by molar-refractivity contribution is 7.08. The minimum absolute atomic E-state index is 0.635. The van der Waals surface area contributed by atoms with Crippen LogP contribution >= 0.6 is 11.3 Å². The van der Waals surface area contributed by atoms with Crippen molar-refractivity contribution in [3.05, 3.63) is 41.1 Å². The van der Waals surface area contributed by atoms with E-state index in [1.807, 2.05) is 42.8 Å². The minimum atomic E-state index is 0.635. The van der Waals surface area contributed by atoms with Crippen LogP contribution in [0, 0.1) is 0 Å². The van der Waals surface area contributed by atoms with Gasteiger partial charge in [0.25, 0.3) is 0 Å². The second-order valence-electron chi connectivity index (χ2n) is 4.44. The zero-order valence-electron chi connectivity index (χ0n) is 11.3. The molecule has 3 aromatic rings. The first-order valence-electron chi connectivity index (χ1n) is 6.20. The molecule has 4 nitrogen and oxygen atoms in total. The molecule has 3 rings (SSSR count). The molecule has 0 fully saturated rings. The van der Waals surface area contributed by atoms with Crippen LogP contribution in [-0.2, 0) is 7.05 Å². The van der Waals surface area contributed by atoms with E-state index in [4.69, 9.17) is 10.5 Å². The van der Waals surface area contributed by atoms with E-state index in [1.165, 1.54) is 0 Å². The molecule has 2 aromatic heterocycles. The van der Waals surface area contributed by atoms with Gasteiger partial charge in [-0.1, -0.05) is 18.2 Å². The number of thiophene rings is 1. The predicted octanol–water partition coefficient (Wildman–Crippen LogP) is 3.41. The smallest absolute Gasteiger partial charge is 0.130 e. The van der Waals surface area contributed by atoms with Crippen molar-refractivity contribution in [2.75, 3.05) is 12.8 Å². The van der Waals surface area contributed by atoms with Crippen molar-refractivity contribution in [2.24, 2.45) is 7.05 Å². The molecule has 1 aromatic carbocycles. The maximum absolute atomic E-state index is 6.21. The van der Waals surface area contributed by atoms with Crippen molar-refractivity contribution in [1.82, 2.24) is 9.78 Å². The summed E-state index contributed by atoms with van der Waals surface area (Å²) >= 11 is 1.64. The lowest BCUT2D eigenvalue weighted by Crippen LogP contribution is -1.98. The summed E-state index contributed by atoms with van der Waals surface area (Å²) < 4.78 is 7.15. The Labute approximate surface area is 121 Å². The Kier molecular flexibility index (Phi) is 3.20. The van der Waals surface area contributed by atoms with Crippen LogP contribution in [0.1, 0.15) is 0 Å². The minimum Gasteiger partial charge on any atom is -0.496 e. The summed E-state index contributed by atoms with van der Waals surface area (Å²) in [5, 5.41) is 8.65. The fourth-order valence-corrected chi connectivity index (χ4v) is 2.90. The molecule has 5 heteroatoms. The Hall–Kier alpha value is -2.27. The van der Waals surface area contributed by atoms with Gasteiger partial charge in [0.2, 0.25) is 0 Å². The Morgan fingerprint density at radius 3 is 2.75 bits per heavy atom. The lowest BCUT2D eigenvalue weighted by Gasteiger charge is -2.09. The van der Waals surface area contributed by atoms with Crippen LogP contribution in [0.25, 0.3) is 22.4 Å². The third-order valence-electron chi connectivity index (χ3n) is 3.26. The van der Waals surface area contributed by atoms with Crippen LogP contribution in [0.2, 0.25) is 0 Å². The number of benzene rings is 1. The third kappa shape index (κ3) is 1.96. The molecule has 2 N–H and O–H groups in total. The van der Waals surface area contributed by atoms with E-state index in [9.17, 15) is 0 Å². The van der Waals surface area contributed by atoms with E-state index in [0.29, 0.717) is 5.82 Å². The first-order chi connectivity index (χ1) is 9.72. The Balaban J connectivity index is 2.28. The van der Waals surface area contributed by atoms with Crippen LogP contribution in [0.15, 0.2) is 41.1 Å². The fourth-order valence-electron chi connectivity index (χ4n) is 2.25. The highest BCUT2D eigenvalue weighted by Crippen LogP contribution is 2.40. The Bertz CT molecular complexity index is 732. The number of ether oxygens (including phenoxy) is 1. The third-order valence-corrected chi connectivity index (χ3v) is 3.95. The quantitative estimate of drug-likeness (QED) is 0.802. The van der Waals surface area contributed by atoms with Crippen LogP contribution in [0.5, 0.6) is 5.75 Å². The molecule has 0 saturated heterocycles. The Morgan fingerprint density at radius 1 is 1.25 bits per heavy atom. The first-order valence-corrected chi connectivity index (χ1v) is 7.15. The largest absolute Gasteiger partial charge is 0.496 e. The SMILES string of the molecule is COc1ccccc1-c1c(-c2ccsc2)nn(C)c1N. The van der Waals surface area contributed by atoms with Gasteiger partial charge in [0, 0.05) is 23.6 Å². The lowest BCUT2D eigenvalue weighted by molar-refractivity contribution is 0.416. The molecule has 0 aliphatic heterocycles. The molecule has 20 heavy (non-hydrogen) atoms. The topological polar surface area (TPSA) is 53.1 Å². The molecule has 0 bridgehead atoms. The molecule has 0 spiro atoms. The van der Waals surface area contributed by atoms with Gasteiger partial charge in [0.1, 0.15) is 17.3 Å². The van der Waals surface area contributed by atoms with Crippen LogP contribution in [-0.4, -0.2) is 16.9 Å². The standard InChI is InChI=1S/C15H15N3OS/c1-18-15(16)13(11-5-3-4-6-12(11)19-2)14(17-18)10-7-8-20-9-10/h3-9H,16H2,1-2H3. The number of nitrogen functional groups attached to an aromatic ring is 1. The molecule has 0 radical (unpaired) electrons. The first kappa shape index (κ1) is 12.7. The number of rotatable bonds is 3. The summed E-state index contributed by atoms with van der Waals surface area (Å²) in [4.78, 5) is 0. The van der Waals surface area contributed by atoms with Crippen molar-refractivity contribution in [1.29, 1.82) is 0 Å². The van der Waals surface area contributed by atoms with Crippen molar-refractivity contribution in [2.45, 2.75) is 0 Å². The van der Waals surface area contributed by atoms with E-state index in [1.54, 1.807) is 23.1 Å². The van der Waals surface area contributed by atoms with Gasteiger partial charge in [-0.2, -0.15) is 16.4 Å². The zero-order chi connectivity index (χ0) is 14.1. The zero-order valence-corrected chi connectivity index (χ0v) is 12.1. The molecular formula is C15H15N3OS. The number of anilines is 1. The van der Waals surface area contributed by atoms with E-state index < -0.39 is 0 Å². The summed E-state index contributed by atoms with van der Waals surface area (Å²) in [5.74, 6) is 1.43. The second-order valence-corrected chi connectivity index (χ2v) is 5.22. The number of nitrogens with zero attached hydrogens (tertiary/aromatic N) is 2. The number of aromatic nitrogens is 2. The summed E-state index contributed by atoms with van der Waals surface area (Å²) in [6.45, 7) is 0. The number of hydrogen-bond acceptors (Lipinski definition) is 4. The number of methoxy groups -OCH3 is 1. The summed E-state index contributed by atoms with van der Waals surface area (Å²) in [6, 6.07) is 9.90. The fraction of sp³-hybridized carbons (Fsp3) is 0.133. The summed E-state index contributed by atoms with van der Waals surface area (Å²) in [5.41, 5.74) is 10.1. The molecule has 0 atom stereocenters. The highest BCUT2D eigenvalue weighted by Gasteiger charge is 2.20. The van der Waals surface area contributed by atoms with Crippen molar-refractivity contribution >= 4 is 17.2 Å². The van der Waals surface area contributed by atoms with Gasteiger partial charge in [0.05, 0.1) is 12.7 Å². The van der Waals surface area contributed by atoms with Crippen molar-refractivity contribution in [3.8, 4) is 28.1 Å². The second kappa shape index (κ2) is 5.02. The number of nitrogens with two attached hydrogens (primary N) is 1. The summed E-state index contributed by atoms with van der Waals surface area (Å²) in [7, 11) is 3.51. The molecule has 0 amide bonds. The maximum Gasteiger partial charge on any atom is 0.130 e. The van der Waals surface area contributed by atoms with Gasteiger partial charge in [0.15, 0.2) is 0 Å². The maximum atomic E-state index is 6.21. The van der Waals surface area contributed by atoms with Gasteiger partial charge in [-0.15, -0.1) is 0 Å². The molecular weight excluding hydrogens is 270 g/mol. The number of para-hydroxylation sites is 1. The molecule has 102 valence electrons. The van der Waals surface area contributed by atoms with Gasteiger partial charge in [-0.3, -0.25) is 4.68 Å². The lowest BCUT2D eigenvalue weighted by atomic mass is 10.0. The average molecular weight is 285 g/mol. The van der Waals surface area contributed by atoms with Gasteiger partial charge < -0.3 is 10.5 Å². The highest BCUT2D eigenvalue weighted by atomic mass is 32.1. The average Bonchev–Trinajstić information content (AvgIpc) is 3.08. The monoisotopic (exact) mass is 285 g/mol. The van der Waals surface area contributed by atoms with E-state index in [2.05, 4.69) is 10.5 Å². The van der Waals surface area contributed by atoms with Crippen molar-refractivity contribution < 1.29 is 4.74 Å². The van der Waals surface area contributed by atoms with E-state index >= 15 is 0 Å². The molecule has 2 heterocycles. The normalized spacial score (nSPS) is 10.7. The molecule has 0 aliphatic rings. The molecule has 0 saturated carbocycles. The number of hydrogen-bond donors (Lipinski definition) is 1. The molecule has 0 aliphatic carbocycles. The predicted molar refractivity (Wildman–Crippen MR) is 82.9 cm³/mol. The van der Waals surface area contributed by atoms with Crippen molar-refractivity contribution in [3.63, 3.8) is 0 Å². The van der Waals surface area contributed by atoms with Crippen LogP contribution in [0.4, 0.5) is 5.82 Å². The van der Waals surface area contributed by atoms with Gasteiger partial charge in [-0.05, 0) is 17.5 Å². The van der Waals surface area contributed by atoms with E-state index in [-0.39, 0.29) is 0 Å².